The molecule has 0 fully saturated rings. The van der Waals surface area contributed by atoms with Crippen LogP contribution in [0.1, 0.15) is 52.7 Å². The Balaban J connectivity index is 1.46. The van der Waals surface area contributed by atoms with Gasteiger partial charge in [-0.25, -0.2) is 0 Å². The van der Waals surface area contributed by atoms with E-state index in [9.17, 15) is 0 Å². The third-order valence-corrected chi connectivity index (χ3v) is 9.12. The summed E-state index contributed by atoms with van der Waals surface area (Å²) in [5.41, 5.74) is 7.87. The van der Waals surface area contributed by atoms with Crippen molar-refractivity contribution in [2.24, 2.45) is 0 Å². The van der Waals surface area contributed by atoms with Crippen molar-refractivity contribution in [2.75, 3.05) is 0 Å². The van der Waals surface area contributed by atoms with Crippen molar-refractivity contribution in [3.8, 4) is 23.3 Å². The largest absolute Gasteiger partial charge is 0.278 e. The van der Waals surface area contributed by atoms with Gasteiger partial charge in [0.1, 0.15) is 0 Å². The molecule has 5 nitrogen and oxygen atoms in total. The van der Waals surface area contributed by atoms with Gasteiger partial charge in [0.05, 0.1) is 22.1 Å². The first kappa shape index (κ1) is 28.2. The Morgan fingerprint density at radius 1 is 0.413 bits per heavy atom. The second-order valence-electron chi connectivity index (χ2n) is 14.3. The third-order valence-electron chi connectivity index (χ3n) is 9.12. The fourth-order valence-electron chi connectivity index (χ4n) is 6.58. The van der Waals surface area contributed by atoms with E-state index in [-0.39, 0.29) is 10.8 Å². The number of fused-ring (bicyclic) bond motifs is 6. The Hall–Kier alpha value is -5.29. The van der Waals surface area contributed by atoms with E-state index >= 15 is 0 Å². The Morgan fingerprint density at radius 3 is 1.28 bits per heavy atom. The SMILES string of the molecule is CC(C)(C)c1ccc2c(c1)c1ccccc1n2-c1nc(-c2ccccc2)nc(-n2c3ccccc3c3cc(C(C)(C)C)ccc32)n1. The highest BCUT2D eigenvalue weighted by atomic mass is 15.3. The fourth-order valence-corrected chi connectivity index (χ4v) is 6.58. The number of hydrogen-bond donors (Lipinski definition) is 0. The highest BCUT2D eigenvalue weighted by Crippen LogP contribution is 2.37. The maximum absolute atomic E-state index is 5.29. The summed E-state index contributed by atoms with van der Waals surface area (Å²) in [6.07, 6.45) is 0. The van der Waals surface area contributed by atoms with Gasteiger partial charge in [-0.15, -0.1) is 0 Å². The van der Waals surface area contributed by atoms with Crippen molar-refractivity contribution >= 4 is 43.6 Å². The van der Waals surface area contributed by atoms with Crippen molar-refractivity contribution in [2.45, 2.75) is 52.4 Å². The lowest BCUT2D eigenvalue weighted by Crippen LogP contribution is -2.12. The molecule has 0 aliphatic heterocycles. The zero-order valence-corrected chi connectivity index (χ0v) is 27.2. The monoisotopic (exact) mass is 599 g/mol. The number of para-hydroxylation sites is 2. The summed E-state index contributed by atoms with van der Waals surface area (Å²) >= 11 is 0. The standard InChI is InChI=1S/C41H37N5/c1-40(2,3)27-20-22-35-31(24-27)29-16-10-12-18-33(29)45(35)38-42-37(26-14-8-7-9-15-26)43-39(44-38)46-34-19-13-11-17-30(34)32-25-28(41(4,5)6)21-23-36(32)46/h7-25H,1-6H3. The number of nitrogens with zero attached hydrogens (tertiary/aromatic N) is 5. The summed E-state index contributed by atoms with van der Waals surface area (Å²) in [5, 5.41) is 4.74. The molecular weight excluding hydrogens is 562 g/mol. The van der Waals surface area contributed by atoms with Gasteiger partial charge in [-0.1, -0.05) is 120 Å². The molecule has 3 heterocycles. The van der Waals surface area contributed by atoms with Gasteiger partial charge in [-0.2, -0.15) is 15.0 Å². The molecule has 46 heavy (non-hydrogen) atoms. The summed E-state index contributed by atoms with van der Waals surface area (Å²) in [5.74, 6) is 1.82. The highest BCUT2D eigenvalue weighted by Gasteiger charge is 2.23. The van der Waals surface area contributed by atoms with Crippen LogP contribution in [-0.4, -0.2) is 24.1 Å². The Bertz CT molecular complexity index is 2280. The lowest BCUT2D eigenvalue weighted by Gasteiger charge is -2.19. The molecule has 8 rings (SSSR count). The van der Waals surface area contributed by atoms with Crippen LogP contribution in [-0.2, 0) is 10.8 Å². The Labute approximate surface area is 269 Å². The number of hydrogen-bond acceptors (Lipinski definition) is 3. The maximum Gasteiger partial charge on any atom is 0.240 e. The molecule has 0 radical (unpaired) electrons. The highest BCUT2D eigenvalue weighted by molar-refractivity contribution is 6.10. The van der Waals surface area contributed by atoms with E-state index in [1.54, 1.807) is 0 Å². The molecule has 0 saturated carbocycles. The number of rotatable bonds is 3. The molecule has 0 aliphatic rings. The van der Waals surface area contributed by atoms with E-state index in [1.165, 1.54) is 32.7 Å². The topological polar surface area (TPSA) is 48.5 Å². The van der Waals surface area contributed by atoms with Crippen molar-refractivity contribution in [1.82, 2.24) is 24.1 Å². The van der Waals surface area contributed by atoms with E-state index in [4.69, 9.17) is 15.0 Å². The molecule has 0 N–H and O–H groups in total. The van der Waals surface area contributed by atoms with Gasteiger partial charge in [-0.05, 0) is 58.4 Å². The molecule has 0 unspecified atom stereocenters. The van der Waals surface area contributed by atoms with Gasteiger partial charge in [0.15, 0.2) is 5.82 Å². The maximum atomic E-state index is 5.29. The van der Waals surface area contributed by atoms with E-state index in [2.05, 4.69) is 148 Å². The first-order valence-electron chi connectivity index (χ1n) is 16.0. The molecule has 0 atom stereocenters. The minimum Gasteiger partial charge on any atom is -0.278 e. The van der Waals surface area contributed by atoms with Crippen molar-refractivity contribution < 1.29 is 0 Å². The summed E-state index contributed by atoms with van der Waals surface area (Å²) in [6, 6.07) is 40.9. The average molecular weight is 600 g/mol. The van der Waals surface area contributed by atoms with E-state index in [0.717, 1.165) is 27.6 Å². The van der Waals surface area contributed by atoms with Crippen LogP contribution in [0.15, 0.2) is 115 Å². The lowest BCUT2D eigenvalue weighted by atomic mass is 9.86. The van der Waals surface area contributed by atoms with Crippen molar-refractivity contribution in [1.29, 1.82) is 0 Å². The van der Waals surface area contributed by atoms with Crippen LogP contribution in [0.3, 0.4) is 0 Å². The van der Waals surface area contributed by atoms with Crippen LogP contribution in [0.2, 0.25) is 0 Å². The predicted octanol–water partition coefficient (Wildman–Crippen LogP) is 10.3. The smallest absolute Gasteiger partial charge is 0.240 e. The molecule has 226 valence electrons. The first-order valence-corrected chi connectivity index (χ1v) is 16.0. The lowest BCUT2D eigenvalue weighted by molar-refractivity contribution is 0.591. The number of aromatic nitrogens is 5. The molecule has 8 aromatic rings. The average Bonchev–Trinajstić information content (AvgIpc) is 3.56. The summed E-state index contributed by atoms with van der Waals surface area (Å²) < 4.78 is 4.39. The van der Waals surface area contributed by atoms with Gasteiger partial charge >= 0.3 is 0 Å². The Kier molecular flexibility index (Phi) is 6.20. The molecular formula is C41H37N5. The van der Waals surface area contributed by atoms with Gasteiger partial charge in [0, 0.05) is 27.1 Å². The summed E-state index contributed by atoms with van der Waals surface area (Å²) in [7, 11) is 0. The van der Waals surface area contributed by atoms with Crippen LogP contribution < -0.4 is 0 Å². The van der Waals surface area contributed by atoms with Gasteiger partial charge < -0.3 is 0 Å². The van der Waals surface area contributed by atoms with Crippen LogP contribution in [0.25, 0.3) is 66.9 Å². The molecule has 0 amide bonds. The predicted molar refractivity (Wildman–Crippen MR) is 191 cm³/mol. The fraction of sp³-hybridized carbons (Fsp3) is 0.195. The first-order chi connectivity index (χ1) is 22.1. The van der Waals surface area contributed by atoms with Gasteiger partial charge in [0.25, 0.3) is 0 Å². The molecule has 5 heteroatoms. The second kappa shape index (κ2) is 10.1. The second-order valence-corrected chi connectivity index (χ2v) is 14.3. The molecule has 0 aliphatic carbocycles. The zero-order chi connectivity index (χ0) is 31.8. The van der Waals surface area contributed by atoms with E-state index < -0.39 is 0 Å². The van der Waals surface area contributed by atoms with Gasteiger partial charge in [0.2, 0.25) is 11.9 Å². The minimum atomic E-state index is 0.0294. The molecule has 0 bridgehead atoms. The summed E-state index contributed by atoms with van der Waals surface area (Å²) in [6.45, 7) is 13.5. The van der Waals surface area contributed by atoms with Crippen LogP contribution >= 0.6 is 0 Å². The van der Waals surface area contributed by atoms with Crippen LogP contribution in [0.5, 0.6) is 0 Å². The molecule has 0 saturated heterocycles. The van der Waals surface area contributed by atoms with Crippen LogP contribution in [0.4, 0.5) is 0 Å². The number of benzene rings is 5. The Morgan fingerprint density at radius 2 is 0.826 bits per heavy atom. The van der Waals surface area contributed by atoms with Gasteiger partial charge in [-0.3, -0.25) is 9.13 Å². The van der Waals surface area contributed by atoms with Crippen molar-refractivity contribution in [3.63, 3.8) is 0 Å². The molecule has 3 aromatic heterocycles. The molecule has 0 spiro atoms. The normalized spacial score (nSPS) is 12.6. The van der Waals surface area contributed by atoms with Crippen molar-refractivity contribution in [3.05, 3.63) is 126 Å². The van der Waals surface area contributed by atoms with E-state index in [1.807, 2.05) is 18.2 Å². The zero-order valence-electron chi connectivity index (χ0n) is 27.2. The summed E-state index contributed by atoms with van der Waals surface area (Å²) in [4.78, 5) is 15.6. The van der Waals surface area contributed by atoms with Crippen LogP contribution in [0, 0.1) is 0 Å². The quantitative estimate of drug-likeness (QED) is 0.203. The molecule has 5 aromatic carbocycles. The van der Waals surface area contributed by atoms with E-state index in [0.29, 0.717) is 17.7 Å². The third kappa shape index (κ3) is 4.49. The minimum absolute atomic E-state index is 0.0294.